The van der Waals surface area contributed by atoms with E-state index in [1.165, 1.54) is 0 Å². The van der Waals surface area contributed by atoms with E-state index in [1.807, 2.05) is 0 Å². The van der Waals surface area contributed by atoms with E-state index in [4.69, 9.17) is 9.47 Å². The van der Waals surface area contributed by atoms with E-state index in [2.05, 4.69) is 6.92 Å². The van der Waals surface area contributed by atoms with Gasteiger partial charge in [-0.3, -0.25) is 0 Å². The Morgan fingerprint density at radius 3 is 2.00 bits per heavy atom. The summed E-state index contributed by atoms with van der Waals surface area (Å²) in [4.78, 5) is 0. The zero-order chi connectivity index (χ0) is 11.9. The van der Waals surface area contributed by atoms with Crippen LogP contribution in [0.15, 0.2) is 0 Å². The number of halogens is 1. The van der Waals surface area contributed by atoms with Crippen molar-refractivity contribution in [2.45, 2.75) is 55.2 Å². The summed E-state index contributed by atoms with van der Waals surface area (Å²) in [5.74, 6) is 0. The van der Waals surface area contributed by atoms with Gasteiger partial charge in [0.05, 0.1) is 0 Å². The first-order valence-corrected chi connectivity index (χ1v) is 8.54. The predicted octanol–water partition coefficient (Wildman–Crippen LogP) is 1.92. The van der Waals surface area contributed by atoms with Crippen LogP contribution in [0.4, 0.5) is 4.39 Å². The first-order chi connectivity index (χ1) is 6.94. The summed E-state index contributed by atoms with van der Waals surface area (Å²) >= 11 is 0.0477. The molecule has 0 spiro atoms. The topological polar surface area (TPSA) is 18.5 Å². The average molecular weight is 322 g/mol. The molecule has 0 aromatic heterocycles. The first kappa shape index (κ1) is 15.7. The fourth-order valence-electron chi connectivity index (χ4n) is 1.68. The van der Waals surface area contributed by atoms with Crippen molar-refractivity contribution in [3.8, 4) is 0 Å². The number of alkyl halides is 1. The molecule has 0 bridgehead atoms. The number of ether oxygens (including phenoxy) is 2. The Bertz CT molecular complexity index is 159. The fourth-order valence-corrected chi connectivity index (χ4v) is 2.50. The van der Waals surface area contributed by atoms with Crippen molar-refractivity contribution < 1.29 is 13.9 Å². The van der Waals surface area contributed by atoms with Crippen molar-refractivity contribution in [2.24, 2.45) is 0 Å². The second-order valence-corrected chi connectivity index (χ2v) is 10.5. The number of hydrogen-bond acceptors (Lipinski definition) is 2. The van der Waals surface area contributed by atoms with Gasteiger partial charge in [0.15, 0.2) is 0 Å². The molecule has 2 nitrogen and oxygen atoms in total. The van der Waals surface area contributed by atoms with E-state index >= 15 is 0 Å². The summed E-state index contributed by atoms with van der Waals surface area (Å²) in [6, 6.07) is 0. The molecule has 0 radical (unpaired) electrons. The fraction of sp³-hybridized carbons (Fsp3) is 1.00. The molecule has 0 aliphatic carbocycles. The van der Waals surface area contributed by atoms with Gasteiger partial charge in [-0.2, -0.15) is 0 Å². The van der Waals surface area contributed by atoms with Crippen molar-refractivity contribution in [1.82, 2.24) is 0 Å². The monoisotopic (exact) mass is 322 g/mol. The average Bonchev–Trinajstić information content (AvgIpc) is 2.15. The van der Waals surface area contributed by atoms with Crippen LogP contribution in [0.1, 0.15) is 39.5 Å². The van der Waals surface area contributed by atoms with E-state index in [0.29, 0.717) is 6.42 Å². The Kier molecular flexibility index (Phi) is 8.29. The van der Waals surface area contributed by atoms with E-state index in [0.717, 1.165) is 19.3 Å². The molecule has 0 N–H and O–H groups in total. The minimum atomic E-state index is -0.914. The summed E-state index contributed by atoms with van der Waals surface area (Å²) < 4.78 is 23.3. The van der Waals surface area contributed by atoms with Gasteiger partial charge >= 0.3 is 108 Å². The van der Waals surface area contributed by atoms with Gasteiger partial charge in [-0.05, 0) is 0 Å². The van der Waals surface area contributed by atoms with Crippen LogP contribution in [-0.2, 0) is 9.47 Å². The third-order valence-electron chi connectivity index (χ3n) is 2.62. The normalized spacial score (nSPS) is 19.5. The van der Waals surface area contributed by atoms with Gasteiger partial charge in [-0.25, -0.2) is 0 Å². The van der Waals surface area contributed by atoms with Crippen LogP contribution < -0.4 is 0 Å². The molecular formula is C11H24FInO2. The SMILES string of the molecule is CCCC(OC)C(CC[C](C)(F)[InH2])OC. The molecule has 0 aliphatic heterocycles. The Morgan fingerprint density at radius 1 is 1.20 bits per heavy atom. The zero-order valence-corrected chi connectivity index (χ0v) is 16.4. The summed E-state index contributed by atoms with van der Waals surface area (Å²) in [5, 5.41) is 0. The van der Waals surface area contributed by atoms with Gasteiger partial charge in [-0.1, -0.05) is 0 Å². The van der Waals surface area contributed by atoms with E-state index in [-0.39, 0.29) is 36.6 Å². The van der Waals surface area contributed by atoms with E-state index in [1.54, 1.807) is 21.1 Å². The van der Waals surface area contributed by atoms with Crippen molar-refractivity contribution in [2.75, 3.05) is 14.2 Å². The van der Waals surface area contributed by atoms with Gasteiger partial charge in [-0.15, -0.1) is 0 Å². The number of hydrogen-bond donors (Lipinski definition) is 0. The third kappa shape index (κ3) is 7.59. The molecule has 0 aromatic carbocycles. The van der Waals surface area contributed by atoms with Gasteiger partial charge < -0.3 is 0 Å². The van der Waals surface area contributed by atoms with Crippen LogP contribution in [0.5, 0.6) is 0 Å². The van der Waals surface area contributed by atoms with Crippen molar-refractivity contribution >= 4 is 24.4 Å². The predicted molar refractivity (Wildman–Crippen MR) is 63.8 cm³/mol. The molecule has 4 heteroatoms. The van der Waals surface area contributed by atoms with Gasteiger partial charge in [0.2, 0.25) is 0 Å². The molecule has 0 saturated heterocycles. The number of rotatable bonds is 8. The van der Waals surface area contributed by atoms with Crippen molar-refractivity contribution in [3.63, 3.8) is 0 Å². The van der Waals surface area contributed by atoms with Crippen LogP contribution in [0, 0.1) is 0 Å². The molecular weight excluding hydrogens is 298 g/mol. The quantitative estimate of drug-likeness (QED) is 0.680. The van der Waals surface area contributed by atoms with Crippen LogP contribution in [0.25, 0.3) is 0 Å². The second-order valence-electron chi connectivity index (χ2n) is 4.59. The number of methoxy groups -OCH3 is 2. The summed E-state index contributed by atoms with van der Waals surface area (Å²) in [6.07, 6.45) is 3.55. The molecule has 0 aromatic rings. The molecule has 0 fully saturated rings. The summed E-state index contributed by atoms with van der Waals surface area (Å²) in [6.45, 7) is 3.81. The van der Waals surface area contributed by atoms with E-state index < -0.39 is 3.43 Å². The second kappa shape index (κ2) is 7.91. The van der Waals surface area contributed by atoms with Crippen LogP contribution in [0.2, 0.25) is 0 Å². The molecule has 3 unspecified atom stereocenters. The van der Waals surface area contributed by atoms with Crippen molar-refractivity contribution in [3.05, 3.63) is 0 Å². The maximum absolute atomic E-state index is 13.4. The van der Waals surface area contributed by atoms with Crippen LogP contribution >= 0.6 is 0 Å². The molecule has 0 aliphatic rings. The third-order valence-corrected chi connectivity index (χ3v) is 4.04. The van der Waals surface area contributed by atoms with Crippen LogP contribution in [0.3, 0.4) is 0 Å². The first-order valence-electron chi connectivity index (χ1n) is 5.69. The standard InChI is InChI=1S/C11H22FO2.In.2H/c1-5-6-10(13-3)11(14-4)8-7-9(2)12;;;/h10-11H,5-8H2,1-4H3;;;. The van der Waals surface area contributed by atoms with Gasteiger partial charge in [0, 0.05) is 0 Å². The Hall–Kier alpha value is 0.720. The molecule has 15 heavy (non-hydrogen) atoms. The van der Waals surface area contributed by atoms with Crippen molar-refractivity contribution in [1.29, 1.82) is 0 Å². The Morgan fingerprint density at radius 2 is 1.67 bits per heavy atom. The maximum atomic E-state index is 13.4. The van der Waals surface area contributed by atoms with Crippen LogP contribution in [-0.4, -0.2) is 54.2 Å². The summed E-state index contributed by atoms with van der Waals surface area (Å²) in [7, 11) is 3.38. The Labute approximate surface area is 107 Å². The summed E-state index contributed by atoms with van der Waals surface area (Å²) in [5.41, 5.74) is 0. The van der Waals surface area contributed by atoms with Gasteiger partial charge in [0.25, 0.3) is 0 Å². The molecule has 90 valence electrons. The Balaban J connectivity index is 4.09. The molecule has 0 heterocycles. The molecule has 0 rings (SSSR count). The van der Waals surface area contributed by atoms with E-state index in [9.17, 15) is 4.39 Å². The minimum absolute atomic E-state index is 0.0382. The molecule has 0 saturated carbocycles. The zero-order valence-electron chi connectivity index (χ0n) is 10.7. The van der Waals surface area contributed by atoms with Gasteiger partial charge in [0.1, 0.15) is 0 Å². The molecule has 0 amide bonds. The molecule has 3 atom stereocenters.